The van der Waals surface area contributed by atoms with Crippen LogP contribution in [-0.2, 0) is 22.6 Å². The minimum absolute atomic E-state index is 0.140. The summed E-state index contributed by atoms with van der Waals surface area (Å²) >= 11 is 0. The molecule has 0 aliphatic heterocycles. The van der Waals surface area contributed by atoms with E-state index >= 15 is 0 Å². The van der Waals surface area contributed by atoms with Crippen LogP contribution in [0.25, 0.3) is 0 Å². The van der Waals surface area contributed by atoms with Crippen LogP contribution in [0, 0.1) is 0 Å². The Morgan fingerprint density at radius 2 is 1.72 bits per heavy atom. The van der Waals surface area contributed by atoms with Crippen molar-refractivity contribution in [3.8, 4) is 0 Å². The minimum atomic E-state index is -0.140. The predicted octanol–water partition coefficient (Wildman–Crippen LogP) is 3.90. The summed E-state index contributed by atoms with van der Waals surface area (Å²) < 4.78 is 10.8. The summed E-state index contributed by atoms with van der Waals surface area (Å²) in [6.07, 6.45) is 0. The lowest BCUT2D eigenvalue weighted by Crippen LogP contribution is -2.30. The summed E-state index contributed by atoms with van der Waals surface area (Å²) in [7, 11) is 1.78. The van der Waals surface area contributed by atoms with E-state index in [1.54, 1.807) is 11.9 Å². The van der Waals surface area contributed by atoms with Crippen molar-refractivity contribution >= 4 is 11.7 Å². The van der Waals surface area contributed by atoms with Crippen molar-refractivity contribution in [3.63, 3.8) is 0 Å². The Labute approximate surface area is 149 Å². The largest absolute Gasteiger partial charge is 0.379 e. The van der Waals surface area contributed by atoms with E-state index < -0.39 is 0 Å². The van der Waals surface area contributed by atoms with Gasteiger partial charge in [0.15, 0.2) is 0 Å². The molecule has 0 atom stereocenters. The van der Waals surface area contributed by atoms with Crippen LogP contribution in [0.2, 0.25) is 0 Å². The number of urea groups is 1. The van der Waals surface area contributed by atoms with Crippen LogP contribution in [0.4, 0.5) is 10.5 Å². The molecule has 2 rings (SSSR count). The molecule has 0 saturated heterocycles. The van der Waals surface area contributed by atoms with Gasteiger partial charge in [0.2, 0.25) is 0 Å². The van der Waals surface area contributed by atoms with E-state index in [9.17, 15) is 4.79 Å². The van der Waals surface area contributed by atoms with E-state index in [4.69, 9.17) is 9.47 Å². The highest BCUT2D eigenvalue weighted by Gasteiger charge is 2.09. The lowest BCUT2D eigenvalue weighted by molar-refractivity contribution is 0.0453. The number of nitrogens with one attached hydrogen (secondary N) is 1. The number of nitrogens with zero attached hydrogens (tertiary/aromatic N) is 1. The lowest BCUT2D eigenvalue weighted by Gasteiger charge is -2.18. The van der Waals surface area contributed by atoms with E-state index in [0.29, 0.717) is 33.0 Å². The molecular formula is C20H26N2O3. The highest BCUT2D eigenvalue weighted by atomic mass is 16.5. The molecule has 0 aliphatic carbocycles. The number of hydrogen-bond donors (Lipinski definition) is 1. The smallest absolute Gasteiger partial charge is 0.321 e. The molecule has 134 valence electrons. The normalized spacial score (nSPS) is 10.5. The molecule has 0 fully saturated rings. The Hall–Kier alpha value is -2.37. The maximum atomic E-state index is 12.3. The van der Waals surface area contributed by atoms with Crippen molar-refractivity contribution < 1.29 is 14.3 Å². The van der Waals surface area contributed by atoms with Crippen LogP contribution in [0.1, 0.15) is 18.1 Å². The lowest BCUT2D eigenvalue weighted by atomic mass is 10.2. The molecule has 0 spiro atoms. The Morgan fingerprint density at radius 3 is 2.48 bits per heavy atom. The fourth-order valence-corrected chi connectivity index (χ4v) is 2.34. The summed E-state index contributed by atoms with van der Waals surface area (Å²) in [5, 5.41) is 2.92. The van der Waals surface area contributed by atoms with Crippen molar-refractivity contribution in [2.45, 2.75) is 20.1 Å². The van der Waals surface area contributed by atoms with Crippen LogP contribution in [0.15, 0.2) is 54.6 Å². The molecule has 0 aliphatic rings. The van der Waals surface area contributed by atoms with Crippen LogP contribution in [0.3, 0.4) is 0 Å². The summed E-state index contributed by atoms with van der Waals surface area (Å²) in [5.41, 5.74) is 2.87. The molecular weight excluding hydrogens is 316 g/mol. The molecule has 0 saturated carbocycles. The fraction of sp³-hybridized carbons (Fsp3) is 0.350. The van der Waals surface area contributed by atoms with Gasteiger partial charge in [-0.05, 0) is 30.2 Å². The summed E-state index contributed by atoms with van der Waals surface area (Å²) in [6, 6.07) is 17.5. The third-order valence-electron chi connectivity index (χ3n) is 3.63. The molecule has 2 aromatic carbocycles. The minimum Gasteiger partial charge on any atom is -0.379 e. The first-order valence-electron chi connectivity index (χ1n) is 8.49. The van der Waals surface area contributed by atoms with Crippen molar-refractivity contribution in [1.29, 1.82) is 0 Å². The molecule has 0 radical (unpaired) electrons. The van der Waals surface area contributed by atoms with Crippen molar-refractivity contribution in [3.05, 3.63) is 65.7 Å². The number of hydrogen-bond acceptors (Lipinski definition) is 3. The number of rotatable bonds is 9. The summed E-state index contributed by atoms with van der Waals surface area (Å²) in [6.45, 7) is 4.87. The third-order valence-corrected chi connectivity index (χ3v) is 3.63. The monoisotopic (exact) mass is 342 g/mol. The van der Waals surface area contributed by atoms with Crippen LogP contribution < -0.4 is 5.32 Å². The summed E-state index contributed by atoms with van der Waals surface area (Å²) in [5.74, 6) is 0. The van der Waals surface area contributed by atoms with Gasteiger partial charge in [-0.25, -0.2) is 4.79 Å². The van der Waals surface area contributed by atoms with E-state index in [2.05, 4.69) is 5.32 Å². The first-order chi connectivity index (χ1) is 12.2. The fourth-order valence-electron chi connectivity index (χ4n) is 2.34. The Kier molecular flexibility index (Phi) is 7.95. The topological polar surface area (TPSA) is 50.8 Å². The van der Waals surface area contributed by atoms with Gasteiger partial charge in [0.25, 0.3) is 0 Å². The van der Waals surface area contributed by atoms with Gasteiger partial charge in [-0.1, -0.05) is 42.5 Å². The third kappa shape index (κ3) is 6.95. The molecule has 1 N–H and O–H groups in total. The molecule has 5 nitrogen and oxygen atoms in total. The van der Waals surface area contributed by atoms with Gasteiger partial charge in [-0.15, -0.1) is 0 Å². The second-order valence-electron chi connectivity index (χ2n) is 5.72. The predicted molar refractivity (Wildman–Crippen MR) is 99.5 cm³/mol. The van der Waals surface area contributed by atoms with Crippen LogP contribution in [-0.4, -0.2) is 37.8 Å². The molecule has 5 heteroatoms. The molecule has 0 unspecified atom stereocenters. The first kappa shape index (κ1) is 19.0. The Balaban J connectivity index is 1.82. The number of ether oxygens (including phenoxy) is 2. The number of amides is 2. The SMILES string of the molecule is CCOCCOCc1cccc(NC(=O)N(C)Cc2ccccc2)c1. The van der Waals surface area contributed by atoms with Crippen LogP contribution >= 0.6 is 0 Å². The number of carbonyl (C=O) groups is 1. The van der Waals surface area contributed by atoms with Gasteiger partial charge in [-0.2, -0.15) is 0 Å². The maximum Gasteiger partial charge on any atom is 0.321 e. The average molecular weight is 342 g/mol. The van der Waals surface area contributed by atoms with Crippen molar-refractivity contribution in [1.82, 2.24) is 4.90 Å². The molecule has 2 aromatic rings. The average Bonchev–Trinajstić information content (AvgIpc) is 2.62. The van der Waals surface area contributed by atoms with E-state index in [-0.39, 0.29) is 6.03 Å². The quantitative estimate of drug-likeness (QED) is 0.703. The standard InChI is InChI=1S/C20H26N2O3/c1-3-24-12-13-25-16-18-10-7-11-19(14-18)21-20(23)22(2)15-17-8-5-4-6-9-17/h4-11,14H,3,12-13,15-16H2,1-2H3,(H,21,23). The van der Waals surface area contributed by atoms with Gasteiger partial charge in [-0.3, -0.25) is 0 Å². The number of anilines is 1. The molecule has 2 amide bonds. The Bertz CT molecular complexity index is 646. The highest BCUT2D eigenvalue weighted by molar-refractivity contribution is 5.89. The van der Waals surface area contributed by atoms with Gasteiger partial charge in [0.1, 0.15) is 0 Å². The van der Waals surface area contributed by atoms with E-state index in [1.807, 2.05) is 61.5 Å². The molecule has 0 aromatic heterocycles. The zero-order valence-corrected chi connectivity index (χ0v) is 14.9. The summed E-state index contributed by atoms with van der Waals surface area (Å²) in [4.78, 5) is 14.0. The number of carbonyl (C=O) groups excluding carboxylic acids is 1. The van der Waals surface area contributed by atoms with E-state index in [0.717, 1.165) is 16.8 Å². The van der Waals surface area contributed by atoms with Gasteiger partial charge in [0.05, 0.1) is 19.8 Å². The second kappa shape index (κ2) is 10.5. The van der Waals surface area contributed by atoms with Crippen molar-refractivity contribution in [2.75, 3.05) is 32.2 Å². The van der Waals surface area contributed by atoms with E-state index in [1.165, 1.54) is 0 Å². The van der Waals surface area contributed by atoms with Crippen LogP contribution in [0.5, 0.6) is 0 Å². The van der Waals surface area contributed by atoms with Gasteiger partial charge in [0, 0.05) is 25.9 Å². The van der Waals surface area contributed by atoms with Gasteiger partial charge >= 0.3 is 6.03 Å². The van der Waals surface area contributed by atoms with Gasteiger partial charge < -0.3 is 19.7 Å². The zero-order valence-electron chi connectivity index (χ0n) is 14.9. The zero-order chi connectivity index (χ0) is 17.9. The second-order valence-corrected chi connectivity index (χ2v) is 5.72. The first-order valence-corrected chi connectivity index (χ1v) is 8.49. The molecule has 0 bridgehead atoms. The number of benzene rings is 2. The maximum absolute atomic E-state index is 12.3. The molecule has 25 heavy (non-hydrogen) atoms. The Morgan fingerprint density at radius 1 is 1.00 bits per heavy atom. The van der Waals surface area contributed by atoms with Crippen molar-refractivity contribution in [2.24, 2.45) is 0 Å². The highest BCUT2D eigenvalue weighted by Crippen LogP contribution is 2.13. The molecule has 0 heterocycles.